The van der Waals surface area contributed by atoms with Crippen molar-refractivity contribution >= 4 is 0 Å². The van der Waals surface area contributed by atoms with Gasteiger partial charge < -0.3 is 4.74 Å². The van der Waals surface area contributed by atoms with Gasteiger partial charge in [0, 0.05) is 11.0 Å². The molecule has 0 fully saturated rings. The number of methoxy groups -OCH3 is 1. The molecule has 0 aliphatic carbocycles. The first-order chi connectivity index (χ1) is 9.32. The Morgan fingerprint density at radius 2 is 1.90 bits per heavy atom. The van der Waals surface area contributed by atoms with Crippen LogP contribution >= 0.6 is 0 Å². The fourth-order valence-electron chi connectivity index (χ4n) is 2.12. The Morgan fingerprint density at radius 1 is 1.20 bits per heavy atom. The van der Waals surface area contributed by atoms with Crippen LogP contribution in [0, 0.1) is 12.7 Å². The number of ether oxygens (including phenoxy) is 1. The van der Waals surface area contributed by atoms with Crippen molar-refractivity contribution in [1.29, 1.82) is 0 Å². The molecule has 2 aromatic rings. The Bertz CT molecular complexity index is 633. The summed E-state index contributed by atoms with van der Waals surface area (Å²) in [5, 5.41) is 0. The molecule has 0 aliphatic rings. The zero-order valence-corrected chi connectivity index (χ0v) is 12.5. The summed E-state index contributed by atoms with van der Waals surface area (Å²) >= 11 is 0. The first-order valence-electron chi connectivity index (χ1n) is 6.51. The van der Waals surface area contributed by atoms with Crippen LogP contribution < -0.4 is 4.74 Å². The van der Waals surface area contributed by atoms with E-state index in [1.165, 1.54) is 13.2 Å². The molecular weight excluding hydrogens is 255 g/mol. The van der Waals surface area contributed by atoms with E-state index in [1.807, 2.05) is 6.92 Å². The molecule has 0 atom stereocenters. The minimum atomic E-state index is -0.398. The Morgan fingerprint density at radius 3 is 2.45 bits per heavy atom. The van der Waals surface area contributed by atoms with Crippen molar-refractivity contribution in [1.82, 2.24) is 9.97 Å². The molecule has 0 saturated heterocycles. The Balaban J connectivity index is 2.51. The molecule has 4 heteroatoms. The van der Waals surface area contributed by atoms with E-state index in [0.717, 1.165) is 11.4 Å². The first-order valence-corrected chi connectivity index (χ1v) is 6.51. The summed E-state index contributed by atoms with van der Waals surface area (Å²) in [6, 6.07) is 4.81. The van der Waals surface area contributed by atoms with Crippen LogP contribution in [0.25, 0.3) is 11.3 Å². The van der Waals surface area contributed by atoms with E-state index in [4.69, 9.17) is 4.74 Å². The molecule has 20 heavy (non-hydrogen) atoms. The molecule has 0 unspecified atom stereocenters. The molecule has 3 nitrogen and oxygen atoms in total. The highest BCUT2D eigenvalue weighted by molar-refractivity contribution is 5.60. The number of nitrogens with zero attached hydrogens (tertiary/aromatic N) is 2. The van der Waals surface area contributed by atoms with E-state index in [0.29, 0.717) is 11.3 Å². The minimum Gasteiger partial charge on any atom is -0.494 e. The molecule has 0 radical (unpaired) electrons. The molecule has 0 amide bonds. The molecule has 106 valence electrons. The van der Waals surface area contributed by atoms with Gasteiger partial charge in [-0.25, -0.2) is 9.37 Å². The molecule has 0 saturated carbocycles. The number of hydrogen-bond donors (Lipinski definition) is 0. The second-order valence-electron chi connectivity index (χ2n) is 5.79. The van der Waals surface area contributed by atoms with Crippen molar-refractivity contribution in [3.8, 4) is 17.0 Å². The third kappa shape index (κ3) is 2.79. The van der Waals surface area contributed by atoms with Crippen molar-refractivity contribution in [3.63, 3.8) is 0 Å². The van der Waals surface area contributed by atoms with Gasteiger partial charge in [-0.05, 0) is 25.1 Å². The largest absolute Gasteiger partial charge is 0.494 e. The lowest BCUT2D eigenvalue weighted by molar-refractivity contribution is 0.386. The Hall–Kier alpha value is -1.97. The average Bonchev–Trinajstić information content (AvgIpc) is 2.37. The lowest BCUT2D eigenvalue weighted by Gasteiger charge is -2.20. The Kier molecular flexibility index (Phi) is 3.75. The first kappa shape index (κ1) is 14.4. The van der Waals surface area contributed by atoms with Gasteiger partial charge in [-0.1, -0.05) is 20.8 Å². The van der Waals surface area contributed by atoms with E-state index in [2.05, 4.69) is 30.7 Å². The highest BCUT2D eigenvalue weighted by Crippen LogP contribution is 2.27. The summed E-state index contributed by atoms with van der Waals surface area (Å²) in [7, 11) is 1.45. The van der Waals surface area contributed by atoms with E-state index in [1.54, 1.807) is 18.3 Å². The van der Waals surface area contributed by atoms with Gasteiger partial charge in [0.05, 0.1) is 30.4 Å². The maximum atomic E-state index is 13.8. The van der Waals surface area contributed by atoms with E-state index < -0.39 is 5.82 Å². The normalized spacial score (nSPS) is 11.5. The maximum absolute atomic E-state index is 13.8. The summed E-state index contributed by atoms with van der Waals surface area (Å²) in [4.78, 5) is 9.02. The molecule has 0 spiro atoms. The fraction of sp³-hybridized carbons (Fsp3) is 0.375. The van der Waals surface area contributed by atoms with Crippen LogP contribution in [0.1, 0.15) is 32.2 Å². The van der Waals surface area contributed by atoms with Gasteiger partial charge in [-0.3, -0.25) is 4.98 Å². The van der Waals surface area contributed by atoms with Crippen LogP contribution in [0.4, 0.5) is 4.39 Å². The Labute approximate surface area is 118 Å². The number of aromatic nitrogens is 2. The van der Waals surface area contributed by atoms with Crippen LogP contribution in [-0.4, -0.2) is 17.1 Å². The quantitative estimate of drug-likeness (QED) is 0.833. The van der Waals surface area contributed by atoms with Crippen LogP contribution in [0.5, 0.6) is 5.75 Å². The van der Waals surface area contributed by atoms with E-state index in [9.17, 15) is 4.39 Å². The molecule has 0 aliphatic heterocycles. The number of aryl methyl sites for hydroxylation is 1. The highest BCUT2D eigenvalue weighted by atomic mass is 19.1. The smallest absolute Gasteiger partial charge is 0.165 e. The summed E-state index contributed by atoms with van der Waals surface area (Å²) in [5.41, 5.74) is 3.09. The summed E-state index contributed by atoms with van der Waals surface area (Å²) in [6.45, 7) is 8.19. The third-order valence-corrected chi connectivity index (χ3v) is 3.11. The number of hydrogen-bond acceptors (Lipinski definition) is 3. The summed E-state index contributed by atoms with van der Waals surface area (Å²) in [5.74, 6) is -0.172. The topological polar surface area (TPSA) is 35.0 Å². The monoisotopic (exact) mass is 274 g/mol. The molecule has 0 N–H and O–H groups in total. The molecule has 0 bridgehead atoms. The van der Waals surface area contributed by atoms with Gasteiger partial charge in [0.1, 0.15) is 0 Å². The standard InChI is InChI=1S/C16H19FN2O/c1-10-15(16(2,3)4)19-13(9-18-10)11-6-7-14(20-5)12(17)8-11/h6-9H,1-5H3. The fourth-order valence-corrected chi connectivity index (χ4v) is 2.12. The molecule has 1 heterocycles. The lowest BCUT2D eigenvalue weighted by atomic mass is 9.90. The maximum Gasteiger partial charge on any atom is 0.165 e. The number of benzene rings is 1. The van der Waals surface area contributed by atoms with Crippen molar-refractivity contribution < 1.29 is 9.13 Å². The van der Waals surface area contributed by atoms with Gasteiger partial charge >= 0.3 is 0 Å². The lowest BCUT2D eigenvalue weighted by Crippen LogP contribution is -2.16. The second-order valence-corrected chi connectivity index (χ2v) is 5.79. The summed E-state index contributed by atoms with van der Waals surface area (Å²) < 4.78 is 18.7. The zero-order valence-electron chi connectivity index (χ0n) is 12.5. The van der Waals surface area contributed by atoms with Crippen molar-refractivity contribution in [2.24, 2.45) is 0 Å². The predicted octanol–water partition coefficient (Wildman–Crippen LogP) is 3.90. The van der Waals surface area contributed by atoms with E-state index >= 15 is 0 Å². The minimum absolute atomic E-state index is 0.0991. The van der Waals surface area contributed by atoms with Gasteiger partial charge in [0.15, 0.2) is 11.6 Å². The third-order valence-electron chi connectivity index (χ3n) is 3.11. The van der Waals surface area contributed by atoms with Crippen molar-refractivity contribution in [2.75, 3.05) is 7.11 Å². The van der Waals surface area contributed by atoms with Gasteiger partial charge in [-0.15, -0.1) is 0 Å². The molecule has 1 aromatic carbocycles. The van der Waals surface area contributed by atoms with Crippen LogP contribution in [0.15, 0.2) is 24.4 Å². The van der Waals surface area contributed by atoms with Crippen molar-refractivity contribution in [3.05, 3.63) is 41.6 Å². The van der Waals surface area contributed by atoms with Crippen LogP contribution in [0.3, 0.4) is 0 Å². The zero-order chi connectivity index (χ0) is 14.9. The van der Waals surface area contributed by atoms with Crippen LogP contribution in [-0.2, 0) is 5.41 Å². The molecular formula is C16H19FN2O. The SMILES string of the molecule is COc1ccc(-c2cnc(C)c(C(C)(C)C)n2)cc1F. The van der Waals surface area contributed by atoms with Gasteiger partial charge in [-0.2, -0.15) is 0 Å². The van der Waals surface area contributed by atoms with E-state index in [-0.39, 0.29) is 11.2 Å². The van der Waals surface area contributed by atoms with Crippen molar-refractivity contribution in [2.45, 2.75) is 33.1 Å². The second kappa shape index (κ2) is 5.19. The molecule has 1 aromatic heterocycles. The van der Waals surface area contributed by atoms with Crippen LogP contribution in [0.2, 0.25) is 0 Å². The number of halogens is 1. The predicted molar refractivity (Wildman–Crippen MR) is 77.4 cm³/mol. The number of rotatable bonds is 2. The highest BCUT2D eigenvalue weighted by Gasteiger charge is 2.20. The summed E-state index contributed by atoms with van der Waals surface area (Å²) in [6.07, 6.45) is 1.67. The average molecular weight is 274 g/mol. The van der Waals surface area contributed by atoms with Gasteiger partial charge in [0.25, 0.3) is 0 Å². The molecule has 2 rings (SSSR count). The van der Waals surface area contributed by atoms with Gasteiger partial charge in [0.2, 0.25) is 0 Å².